The van der Waals surface area contributed by atoms with Crippen LogP contribution in [0.15, 0.2) is 47.4 Å². The molecule has 3 rings (SSSR count). The molecule has 0 saturated carbocycles. The monoisotopic (exact) mass is 659 g/mol. The molecule has 14 heteroatoms. The number of nitrogens with zero attached hydrogens (tertiary/aromatic N) is 2. The number of fused-ring (bicyclic) bond motifs is 1. The van der Waals surface area contributed by atoms with Gasteiger partial charge in [-0.05, 0) is 75.6 Å². The van der Waals surface area contributed by atoms with Gasteiger partial charge in [0, 0.05) is 43.4 Å². The number of aliphatic hydroxyl groups excluding tert-OH is 1. The molecule has 1 aliphatic rings. The molecule has 1 aliphatic heterocycles. The van der Waals surface area contributed by atoms with Crippen LogP contribution in [0.5, 0.6) is 5.75 Å². The predicted molar refractivity (Wildman–Crippen MR) is 167 cm³/mol. The van der Waals surface area contributed by atoms with Crippen molar-refractivity contribution >= 4 is 43.2 Å². The molecule has 2 aromatic rings. The van der Waals surface area contributed by atoms with Crippen molar-refractivity contribution in [3.05, 3.63) is 53.1 Å². The maximum atomic E-state index is 14.1. The van der Waals surface area contributed by atoms with Crippen molar-refractivity contribution in [3.8, 4) is 5.75 Å². The summed E-state index contributed by atoms with van der Waals surface area (Å²) in [6.45, 7) is 5.66. The van der Waals surface area contributed by atoms with Crippen LogP contribution in [-0.2, 0) is 24.8 Å². The van der Waals surface area contributed by atoms with E-state index in [4.69, 9.17) is 21.1 Å². The predicted octanol–water partition coefficient (Wildman–Crippen LogP) is 3.83. The minimum Gasteiger partial charge on any atom is -0.490 e. The minimum absolute atomic E-state index is 0.0280. The molecule has 11 nitrogen and oxygen atoms in total. The highest BCUT2D eigenvalue weighted by Gasteiger charge is 2.32. The molecule has 0 radical (unpaired) electrons. The number of rotatable bonds is 8. The number of anilines is 1. The van der Waals surface area contributed by atoms with Crippen molar-refractivity contribution in [1.29, 1.82) is 0 Å². The Balaban J connectivity index is 1.98. The summed E-state index contributed by atoms with van der Waals surface area (Å²) in [5, 5.41) is 10.5. The van der Waals surface area contributed by atoms with Crippen molar-refractivity contribution in [1.82, 2.24) is 9.21 Å². The highest BCUT2D eigenvalue weighted by Crippen LogP contribution is 2.29. The Morgan fingerprint density at radius 3 is 2.42 bits per heavy atom. The lowest BCUT2D eigenvalue weighted by molar-refractivity contribution is -0.00833. The van der Waals surface area contributed by atoms with E-state index in [1.807, 2.05) is 13.8 Å². The number of carbonyl (C=O) groups excluding carboxylic acids is 1. The van der Waals surface area contributed by atoms with E-state index in [1.165, 1.54) is 52.7 Å². The molecule has 0 saturated heterocycles. The van der Waals surface area contributed by atoms with Crippen LogP contribution in [-0.4, -0.2) is 94.9 Å². The largest absolute Gasteiger partial charge is 0.490 e. The Morgan fingerprint density at radius 2 is 1.79 bits per heavy atom. The number of carbonyl (C=O) groups is 1. The summed E-state index contributed by atoms with van der Waals surface area (Å²) >= 11 is 5.95. The van der Waals surface area contributed by atoms with Crippen LogP contribution in [0.2, 0.25) is 5.02 Å². The third-order valence-electron chi connectivity index (χ3n) is 7.31. The van der Waals surface area contributed by atoms with Gasteiger partial charge in [0.25, 0.3) is 5.91 Å². The van der Waals surface area contributed by atoms with Crippen LogP contribution in [0, 0.1) is 5.92 Å². The van der Waals surface area contributed by atoms with E-state index in [2.05, 4.69) is 4.72 Å². The SMILES string of the molecule is C[C@@H]1CN([C@@H](C)CO)C(=O)c2cc(NS(C)(=O)=O)ccc2O[C@@H](C)CCCCO[C@H]1CN(C)S(=O)(=O)c1ccc(Cl)cc1. The maximum absolute atomic E-state index is 14.1. The van der Waals surface area contributed by atoms with E-state index < -0.39 is 38.1 Å². The maximum Gasteiger partial charge on any atom is 0.258 e. The summed E-state index contributed by atoms with van der Waals surface area (Å²) in [5.41, 5.74) is 0.344. The molecule has 1 heterocycles. The highest BCUT2D eigenvalue weighted by atomic mass is 35.5. The topological polar surface area (TPSA) is 143 Å². The van der Waals surface area contributed by atoms with Crippen molar-refractivity contribution in [2.75, 3.05) is 44.3 Å². The second kappa shape index (κ2) is 15.0. The van der Waals surface area contributed by atoms with Crippen LogP contribution >= 0.6 is 11.6 Å². The Labute approximate surface area is 260 Å². The van der Waals surface area contributed by atoms with Gasteiger partial charge >= 0.3 is 0 Å². The fourth-order valence-electron chi connectivity index (χ4n) is 4.80. The molecule has 2 N–H and O–H groups in total. The van der Waals surface area contributed by atoms with Crippen LogP contribution in [0.25, 0.3) is 0 Å². The normalized spacial score (nSPS) is 21.9. The number of hydrogen-bond donors (Lipinski definition) is 2. The molecule has 240 valence electrons. The van der Waals surface area contributed by atoms with Gasteiger partial charge in [-0.1, -0.05) is 18.5 Å². The first-order chi connectivity index (χ1) is 20.1. The highest BCUT2D eigenvalue weighted by molar-refractivity contribution is 7.92. The zero-order valence-corrected chi connectivity index (χ0v) is 27.6. The van der Waals surface area contributed by atoms with Gasteiger partial charge in [0.2, 0.25) is 20.0 Å². The zero-order chi connectivity index (χ0) is 31.9. The quantitative estimate of drug-likeness (QED) is 0.436. The summed E-state index contributed by atoms with van der Waals surface area (Å²) in [6.07, 6.45) is 2.34. The van der Waals surface area contributed by atoms with Crippen LogP contribution in [0.1, 0.15) is 50.4 Å². The fraction of sp³-hybridized carbons (Fsp3) is 0.552. The van der Waals surface area contributed by atoms with E-state index in [9.17, 15) is 26.7 Å². The van der Waals surface area contributed by atoms with E-state index >= 15 is 0 Å². The van der Waals surface area contributed by atoms with Crippen molar-refractivity contribution in [2.45, 2.75) is 63.2 Å². The molecule has 0 unspecified atom stereocenters. The van der Waals surface area contributed by atoms with Gasteiger partial charge in [0.1, 0.15) is 5.75 Å². The molecular weight excluding hydrogens is 618 g/mol. The van der Waals surface area contributed by atoms with Crippen LogP contribution in [0.4, 0.5) is 5.69 Å². The molecule has 0 fully saturated rings. The fourth-order valence-corrected chi connectivity index (χ4v) is 6.66. The van der Waals surface area contributed by atoms with E-state index in [0.717, 1.165) is 12.7 Å². The Bertz CT molecular complexity index is 1450. The van der Waals surface area contributed by atoms with Gasteiger partial charge in [-0.2, -0.15) is 4.31 Å². The smallest absolute Gasteiger partial charge is 0.258 e. The van der Waals surface area contributed by atoms with Gasteiger partial charge in [0.15, 0.2) is 0 Å². The lowest BCUT2D eigenvalue weighted by Crippen LogP contribution is -2.48. The number of aliphatic hydroxyl groups is 1. The lowest BCUT2D eigenvalue weighted by atomic mass is 10.0. The molecule has 4 atom stereocenters. The van der Waals surface area contributed by atoms with Crippen LogP contribution in [0.3, 0.4) is 0 Å². The second-order valence-electron chi connectivity index (χ2n) is 11.1. The Hall–Kier alpha value is -2.42. The molecule has 43 heavy (non-hydrogen) atoms. The Morgan fingerprint density at radius 1 is 1.12 bits per heavy atom. The van der Waals surface area contributed by atoms with Gasteiger partial charge in [0.05, 0.1) is 41.6 Å². The van der Waals surface area contributed by atoms with Crippen molar-refractivity contribution in [2.24, 2.45) is 5.92 Å². The molecule has 0 aliphatic carbocycles. The molecular formula is C29H42ClN3O8S2. The third-order valence-corrected chi connectivity index (χ3v) is 10.0. The Kier molecular flexibility index (Phi) is 12.3. The third kappa shape index (κ3) is 9.79. The lowest BCUT2D eigenvalue weighted by Gasteiger charge is -2.35. The van der Waals surface area contributed by atoms with Gasteiger partial charge in [-0.15, -0.1) is 0 Å². The minimum atomic E-state index is -3.85. The van der Waals surface area contributed by atoms with E-state index in [0.29, 0.717) is 30.2 Å². The van der Waals surface area contributed by atoms with Gasteiger partial charge in [-0.25, -0.2) is 16.8 Å². The molecule has 0 spiro atoms. The summed E-state index contributed by atoms with van der Waals surface area (Å²) < 4.78 is 66.5. The molecule has 0 bridgehead atoms. The molecule has 1 amide bonds. The first-order valence-corrected chi connectivity index (χ1v) is 17.9. The number of benzene rings is 2. The average Bonchev–Trinajstić information content (AvgIpc) is 2.93. The average molecular weight is 660 g/mol. The number of nitrogens with one attached hydrogen (secondary N) is 1. The standard InChI is InChI=1S/C29H42ClN3O8S2/c1-20-17-33(21(2)19-34)29(35)26-16-24(31-42(5,36)37)11-14-27(26)41-22(3)8-6-7-15-40-28(20)18-32(4)43(38,39)25-12-9-23(30)10-13-25/h9-14,16,20-22,28,31,34H,6-8,15,17-19H2,1-5H3/t20-,21+,22+,28+/m1/s1. The molecule has 2 aromatic carbocycles. The summed E-state index contributed by atoms with van der Waals surface area (Å²) in [4.78, 5) is 15.7. The van der Waals surface area contributed by atoms with E-state index in [-0.39, 0.29) is 47.9 Å². The van der Waals surface area contributed by atoms with Gasteiger partial charge < -0.3 is 19.5 Å². The summed E-state index contributed by atoms with van der Waals surface area (Å²) in [6, 6.07) is 9.84. The zero-order valence-electron chi connectivity index (χ0n) is 25.2. The first kappa shape index (κ1) is 35.1. The number of halogens is 1. The first-order valence-electron chi connectivity index (χ1n) is 14.2. The van der Waals surface area contributed by atoms with Crippen LogP contribution < -0.4 is 9.46 Å². The number of sulfonamides is 2. The molecule has 0 aromatic heterocycles. The number of likely N-dealkylation sites (N-methyl/N-ethyl adjacent to an activating group) is 1. The number of ether oxygens (including phenoxy) is 2. The van der Waals surface area contributed by atoms with Crippen molar-refractivity contribution < 1.29 is 36.2 Å². The summed E-state index contributed by atoms with van der Waals surface area (Å²) in [5.74, 6) is -0.520. The van der Waals surface area contributed by atoms with E-state index in [1.54, 1.807) is 13.0 Å². The van der Waals surface area contributed by atoms with Crippen molar-refractivity contribution in [3.63, 3.8) is 0 Å². The van der Waals surface area contributed by atoms with Gasteiger partial charge in [-0.3, -0.25) is 9.52 Å². The summed E-state index contributed by atoms with van der Waals surface area (Å²) in [7, 11) is -5.98. The second-order valence-corrected chi connectivity index (χ2v) is 15.4. The number of hydrogen-bond acceptors (Lipinski definition) is 8. The number of amides is 1.